The smallest absolute Gasteiger partial charge is 0.137 e. The predicted octanol–water partition coefficient (Wildman–Crippen LogP) is 16.3. The summed E-state index contributed by atoms with van der Waals surface area (Å²) in [7, 11) is 0. The molecule has 276 valence electrons. The van der Waals surface area contributed by atoms with Crippen molar-refractivity contribution in [3.63, 3.8) is 0 Å². The third-order valence-corrected chi connectivity index (χ3v) is 11.9. The lowest BCUT2D eigenvalue weighted by Gasteiger charge is -2.25. The second kappa shape index (κ2) is 13.4. The standard InChI is InChI=1S/C56H35NO2/c1-2-10-36(11-3-1)40-21-20-38-14-9-18-47(52(38)32-40)41-24-29-49-51-31-28-44(35-56(51)59-54(49)33-41)57(43-27-30-50-48-16-6-7-19-53(48)58-55(50)34-43)42-25-22-39(23-26-42)46-17-8-13-37-12-4-5-15-45(37)46/h1-35H. The van der Waals surface area contributed by atoms with Crippen LogP contribution in [0.3, 0.4) is 0 Å². The molecule has 0 aliphatic carbocycles. The minimum Gasteiger partial charge on any atom is -0.456 e. The van der Waals surface area contributed by atoms with Crippen molar-refractivity contribution in [3.05, 3.63) is 212 Å². The minimum atomic E-state index is 0.834. The van der Waals surface area contributed by atoms with Gasteiger partial charge in [0.05, 0.1) is 0 Å². The highest BCUT2D eigenvalue weighted by Gasteiger charge is 2.19. The van der Waals surface area contributed by atoms with Crippen molar-refractivity contribution in [2.75, 3.05) is 4.90 Å². The zero-order valence-electron chi connectivity index (χ0n) is 32.0. The SMILES string of the molecule is c1ccc(-c2ccc3cccc(-c4ccc5c(c4)oc4cc(N(c6ccc(-c7cccc8ccccc78)cc6)c6ccc7c(c6)oc6ccccc67)ccc45)c3c2)cc1. The molecular weight excluding hydrogens is 719 g/mol. The van der Waals surface area contributed by atoms with Gasteiger partial charge in [-0.25, -0.2) is 0 Å². The van der Waals surface area contributed by atoms with E-state index < -0.39 is 0 Å². The Morgan fingerprint density at radius 3 is 1.51 bits per heavy atom. The molecular formula is C56H35NO2. The summed E-state index contributed by atoms with van der Waals surface area (Å²) >= 11 is 0. The molecule has 0 spiro atoms. The Bertz CT molecular complexity index is 3550. The second-order valence-corrected chi connectivity index (χ2v) is 15.3. The van der Waals surface area contributed by atoms with E-state index in [4.69, 9.17) is 8.83 Å². The molecule has 10 aromatic carbocycles. The monoisotopic (exact) mass is 753 g/mol. The molecule has 2 aromatic heterocycles. The van der Waals surface area contributed by atoms with Crippen LogP contribution >= 0.6 is 0 Å². The summed E-state index contributed by atoms with van der Waals surface area (Å²) in [5.74, 6) is 0. The summed E-state index contributed by atoms with van der Waals surface area (Å²) in [5.41, 5.74) is 13.6. The average molecular weight is 754 g/mol. The fourth-order valence-corrected chi connectivity index (χ4v) is 8.97. The van der Waals surface area contributed by atoms with E-state index in [9.17, 15) is 0 Å². The van der Waals surface area contributed by atoms with Gasteiger partial charge in [-0.05, 0) is 116 Å². The Labute approximate surface area is 340 Å². The van der Waals surface area contributed by atoms with E-state index in [1.165, 1.54) is 49.4 Å². The fourth-order valence-electron chi connectivity index (χ4n) is 8.97. The first-order chi connectivity index (χ1) is 29.2. The summed E-state index contributed by atoms with van der Waals surface area (Å²) in [6.07, 6.45) is 0. The van der Waals surface area contributed by atoms with E-state index in [0.717, 1.165) is 66.5 Å². The molecule has 59 heavy (non-hydrogen) atoms. The maximum Gasteiger partial charge on any atom is 0.137 e. The van der Waals surface area contributed by atoms with Gasteiger partial charge >= 0.3 is 0 Å². The van der Waals surface area contributed by atoms with Crippen molar-refractivity contribution in [2.45, 2.75) is 0 Å². The van der Waals surface area contributed by atoms with Crippen LogP contribution in [0.4, 0.5) is 17.1 Å². The molecule has 12 rings (SSSR count). The molecule has 0 amide bonds. The summed E-state index contributed by atoms with van der Waals surface area (Å²) in [4.78, 5) is 2.29. The van der Waals surface area contributed by atoms with Gasteiger partial charge in [0.1, 0.15) is 22.3 Å². The van der Waals surface area contributed by atoms with Crippen LogP contribution in [0, 0.1) is 0 Å². The van der Waals surface area contributed by atoms with Gasteiger partial charge in [0, 0.05) is 50.7 Å². The number of fused-ring (bicyclic) bond motifs is 8. The largest absolute Gasteiger partial charge is 0.456 e. The van der Waals surface area contributed by atoms with Gasteiger partial charge < -0.3 is 13.7 Å². The van der Waals surface area contributed by atoms with E-state index in [-0.39, 0.29) is 0 Å². The van der Waals surface area contributed by atoms with Crippen LogP contribution in [-0.2, 0) is 0 Å². The summed E-state index contributed by atoms with van der Waals surface area (Å²) in [6, 6.07) is 75.7. The van der Waals surface area contributed by atoms with Gasteiger partial charge in [-0.2, -0.15) is 0 Å². The van der Waals surface area contributed by atoms with Gasteiger partial charge in [-0.3, -0.25) is 0 Å². The molecule has 0 bridgehead atoms. The molecule has 0 N–H and O–H groups in total. The third kappa shape index (κ3) is 5.59. The van der Waals surface area contributed by atoms with Crippen LogP contribution in [0.2, 0.25) is 0 Å². The van der Waals surface area contributed by atoms with Crippen molar-refractivity contribution in [1.82, 2.24) is 0 Å². The van der Waals surface area contributed by atoms with Crippen molar-refractivity contribution in [2.24, 2.45) is 0 Å². The van der Waals surface area contributed by atoms with E-state index in [0.29, 0.717) is 0 Å². The number of furan rings is 2. The average Bonchev–Trinajstić information content (AvgIpc) is 3.86. The number of hydrogen-bond donors (Lipinski definition) is 0. The summed E-state index contributed by atoms with van der Waals surface area (Å²) in [5, 5.41) is 9.29. The predicted molar refractivity (Wildman–Crippen MR) is 247 cm³/mol. The molecule has 0 unspecified atom stereocenters. The van der Waals surface area contributed by atoms with E-state index >= 15 is 0 Å². The zero-order valence-corrected chi connectivity index (χ0v) is 32.0. The highest BCUT2D eigenvalue weighted by molar-refractivity contribution is 6.09. The Morgan fingerprint density at radius 2 is 0.763 bits per heavy atom. The maximum absolute atomic E-state index is 6.77. The Hall–Kier alpha value is -7.88. The first-order valence-corrected chi connectivity index (χ1v) is 20.1. The van der Waals surface area contributed by atoms with Crippen LogP contribution in [0.25, 0.3) is 98.8 Å². The molecule has 3 heteroatoms. The van der Waals surface area contributed by atoms with Gasteiger partial charge in [0.2, 0.25) is 0 Å². The topological polar surface area (TPSA) is 29.5 Å². The maximum atomic E-state index is 6.77. The third-order valence-electron chi connectivity index (χ3n) is 11.9. The van der Waals surface area contributed by atoms with Crippen molar-refractivity contribution >= 4 is 82.5 Å². The number of benzene rings is 10. The van der Waals surface area contributed by atoms with Gasteiger partial charge in [-0.1, -0.05) is 140 Å². The molecule has 0 saturated carbocycles. The summed E-state index contributed by atoms with van der Waals surface area (Å²) < 4.78 is 13.2. The van der Waals surface area contributed by atoms with Crippen LogP contribution in [0.15, 0.2) is 221 Å². The van der Waals surface area contributed by atoms with Gasteiger partial charge in [-0.15, -0.1) is 0 Å². The Balaban J connectivity index is 0.976. The highest BCUT2D eigenvalue weighted by atomic mass is 16.3. The molecule has 0 saturated heterocycles. The first kappa shape index (κ1) is 33.3. The van der Waals surface area contributed by atoms with E-state index in [2.05, 4.69) is 205 Å². The number of rotatable bonds is 6. The van der Waals surface area contributed by atoms with Gasteiger partial charge in [0.15, 0.2) is 0 Å². The normalized spacial score (nSPS) is 11.7. The van der Waals surface area contributed by atoms with E-state index in [1.807, 2.05) is 12.1 Å². The Morgan fingerprint density at radius 1 is 0.254 bits per heavy atom. The van der Waals surface area contributed by atoms with Crippen LogP contribution in [-0.4, -0.2) is 0 Å². The molecule has 3 nitrogen and oxygen atoms in total. The Kier molecular flexibility index (Phi) is 7.54. The number of hydrogen-bond acceptors (Lipinski definition) is 3. The number of para-hydroxylation sites is 1. The second-order valence-electron chi connectivity index (χ2n) is 15.3. The lowest BCUT2D eigenvalue weighted by atomic mass is 9.94. The van der Waals surface area contributed by atoms with Crippen molar-refractivity contribution in [1.29, 1.82) is 0 Å². The quantitative estimate of drug-likeness (QED) is 0.169. The fraction of sp³-hybridized carbons (Fsp3) is 0. The molecule has 0 fully saturated rings. The molecule has 0 radical (unpaired) electrons. The molecule has 12 aromatic rings. The van der Waals surface area contributed by atoms with Crippen molar-refractivity contribution in [3.8, 4) is 33.4 Å². The van der Waals surface area contributed by atoms with Gasteiger partial charge in [0.25, 0.3) is 0 Å². The lowest BCUT2D eigenvalue weighted by molar-refractivity contribution is 0.669. The minimum absolute atomic E-state index is 0.834. The lowest BCUT2D eigenvalue weighted by Crippen LogP contribution is -2.09. The summed E-state index contributed by atoms with van der Waals surface area (Å²) in [6.45, 7) is 0. The van der Waals surface area contributed by atoms with Crippen LogP contribution < -0.4 is 4.90 Å². The van der Waals surface area contributed by atoms with Crippen molar-refractivity contribution < 1.29 is 8.83 Å². The zero-order chi connectivity index (χ0) is 38.9. The first-order valence-electron chi connectivity index (χ1n) is 20.1. The molecule has 0 atom stereocenters. The number of anilines is 3. The van der Waals surface area contributed by atoms with Crippen LogP contribution in [0.1, 0.15) is 0 Å². The van der Waals surface area contributed by atoms with E-state index in [1.54, 1.807) is 0 Å². The number of nitrogens with zero attached hydrogens (tertiary/aromatic N) is 1. The molecule has 0 aliphatic heterocycles. The molecule has 0 aliphatic rings. The molecule has 2 heterocycles. The highest BCUT2D eigenvalue weighted by Crippen LogP contribution is 2.43. The van der Waals surface area contributed by atoms with Crippen LogP contribution in [0.5, 0.6) is 0 Å².